The minimum absolute atomic E-state index is 0.891. The van der Waals surface area contributed by atoms with Gasteiger partial charge in [-0.05, 0) is 54.5 Å². The fraction of sp³-hybridized carbons (Fsp3) is 0.214. The molecule has 1 aromatic heterocycles. The Hall–Kier alpha value is -3.06. The second-order valence-corrected chi connectivity index (χ2v) is 7.58. The van der Waals surface area contributed by atoms with Crippen LogP contribution in [0.3, 0.4) is 0 Å². The van der Waals surface area contributed by atoms with E-state index in [1.807, 2.05) is 0 Å². The first-order valence-corrected chi connectivity index (χ1v) is 10.7. The van der Waals surface area contributed by atoms with E-state index in [0.29, 0.717) is 0 Å². The van der Waals surface area contributed by atoms with Gasteiger partial charge in [-0.25, -0.2) is 0 Å². The molecule has 1 heterocycles. The molecule has 0 amide bonds. The van der Waals surface area contributed by atoms with Crippen LogP contribution in [0.2, 0.25) is 0 Å². The van der Waals surface area contributed by atoms with Crippen LogP contribution in [-0.4, -0.2) is 4.57 Å². The lowest BCUT2D eigenvalue weighted by atomic mass is 9.90. The third-order valence-corrected chi connectivity index (χ3v) is 5.63. The van der Waals surface area contributed by atoms with Crippen LogP contribution in [0.5, 0.6) is 0 Å². The Morgan fingerprint density at radius 3 is 2.55 bits per heavy atom. The number of aryl methyl sites for hydroxylation is 1. The second-order valence-electron chi connectivity index (χ2n) is 7.58. The quantitative estimate of drug-likeness (QED) is 0.393. The molecule has 0 N–H and O–H groups in total. The van der Waals surface area contributed by atoms with Crippen molar-refractivity contribution in [1.82, 2.24) is 4.57 Å². The highest BCUT2D eigenvalue weighted by Gasteiger charge is 2.23. The van der Waals surface area contributed by atoms with E-state index in [4.69, 9.17) is 0 Å². The van der Waals surface area contributed by atoms with Crippen LogP contribution in [0.25, 0.3) is 22.4 Å². The van der Waals surface area contributed by atoms with Gasteiger partial charge in [-0.3, -0.25) is 0 Å². The average Bonchev–Trinajstić information content (AvgIpc) is 3.15. The van der Waals surface area contributed by atoms with Crippen molar-refractivity contribution < 1.29 is 0 Å². The maximum atomic E-state index is 2.54. The van der Waals surface area contributed by atoms with Crippen LogP contribution in [-0.2, 0) is 19.4 Å². The minimum atomic E-state index is 0.891. The maximum absolute atomic E-state index is 2.54. The number of aromatic nitrogens is 1. The fourth-order valence-corrected chi connectivity index (χ4v) is 4.21. The van der Waals surface area contributed by atoms with E-state index in [-0.39, 0.29) is 0 Å². The van der Waals surface area contributed by atoms with Crippen molar-refractivity contribution in [2.75, 3.05) is 0 Å². The van der Waals surface area contributed by atoms with Crippen LogP contribution in [0.4, 0.5) is 0 Å². The van der Waals surface area contributed by atoms with E-state index in [1.54, 1.807) is 0 Å². The van der Waals surface area contributed by atoms with E-state index >= 15 is 0 Å². The van der Waals surface area contributed by atoms with Gasteiger partial charge in [0, 0.05) is 23.5 Å². The molecule has 1 aliphatic carbocycles. The standard InChI is InChI=1S/C28H29N/c1-3-5-12-22(13-6-4-2)21-29-27-19-18-23-14-10-11-17-25(23)26(27)20-28(29)24-15-8-7-9-16-24/h3,5-17,20H,4,18-19,21H2,1-2H3/b5-3-,13-6-,22-12+. The molecule has 146 valence electrons. The summed E-state index contributed by atoms with van der Waals surface area (Å²) < 4.78 is 2.54. The third-order valence-electron chi connectivity index (χ3n) is 5.63. The van der Waals surface area contributed by atoms with Crippen LogP contribution >= 0.6 is 0 Å². The Morgan fingerprint density at radius 2 is 1.76 bits per heavy atom. The molecule has 0 saturated carbocycles. The zero-order valence-corrected chi connectivity index (χ0v) is 17.4. The van der Waals surface area contributed by atoms with E-state index < -0.39 is 0 Å². The van der Waals surface area contributed by atoms with Crippen molar-refractivity contribution in [1.29, 1.82) is 0 Å². The summed E-state index contributed by atoms with van der Waals surface area (Å²) >= 11 is 0. The first-order chi connectivity index (χ1) is 14.3. The Kier molecular flexibility index (Phi) is 5.95. The van der Waals surface area contributed by atoms with Gasteiger partial charge in [0.2, 0.25) is 0 Å². The molecule has 0 unspecified atom stereocenters. The number of benzene rings is 2. The highest BCUT2D eigenvalue weighted by atomic mass is 15.0. The number of hydrogen-bond acceptors (Lipinski definition) is 0. The third kappa shape index (κ3) is 4.05. The topological polar surface area (TPSA) is 4.93 Å². The largest absolute Gasteiger partial charge is 0.340 e. The molecule has 4 rings (SSSR count). The van der Waals surface area contributed by atoms with E-state index in [9.17, 15) is 0 Å². The van der Waals surface area contributed by atoms with Gasteiger partial charge in [0.25, 0.3) is 0 Å². The fourth-order valence-electron chi connectivity index (χ4n) is 4.21. The summed E-state index contributed by atoms with van der Waals surface area (Å²) in [4.78, 5) is 0. The summed E-state index contributed by atoms with van der Waals surface area (Å²) in [5.74, 6) is 0. The zero-order chi connectivity index (χ0) is 20.1. The lowest BCUT2D eigenvalue weighted by Crippen LogP contribution is -2.11. The monoisotopic (exact) mass is 379 g/mol. The smallest absolute Gasteiger partial charge is 0.0492 e. The Bertz CT molecular complexity index is 1060. The molecule has 1 nitrogen and oxygen atoms in total. The predicted molar refractivity (Wildman–Crippen MR) is 125 cm³/mol. The Labute approximate surface area is 174 Å². The molecule has 0 radical (unpaired) electrons. The number of hydrogen-bond donors (Lipinski definition) is 0. The molecule has 0 bridgehead atoms. The molecule has 0 atom stereocenters. The summed E-state index contributed by atoms with van der Waals surface area (Å²) in [6.07, 6.45) is 14.3. The van der Waals surface area contributed by atoms with Gasteiger partial charge in [0.1, 0.15) is 0 Å². The second kappa shape index (κ2) is 8.96. The van der Waals surface area contributed by atoms with Crippen LogP contribution in [0, 0.1) is 0 Å². The minimum Gasteiger partial charge on any atom is -0.340 e. The average molecular weight is 380 g/mol. The highest BCUT2D eigenvalue weighted by Crippen LogP contribution is 2.39. The molecule has 0 saturated heterocycles. The van der Waals surface area contributed by atoms with Crippen LogP contribution in [0.1, 0.15) is 31.5 Å². The molecule has 0 fully saturated rings. The van der Waals surface area contributed by atoms with Gasteiger partial charge in [-0.15, -0.1) is 0 Å². The van der Waals surface area contributed by atoms with Crippen molar-refractivity contribution in [2.24, 2.45) is 0 Å². The summed E-state index contributed by atoms with van der Waals surface area (Å²) in [5, 5.41) is 0. The van der Waals surface area contributed by atoms with Gasteiger partial charge in [-0.2, -0.15) is 0 Å². The van der Waals surface area contributed by atoms with E-state index in [1.165, 1.54) is 39.2 Å². The molecule has 3 aromatic rings. The number of nitrogens with zero attached hydrogens (tertiary/aromatic N) is 1. The Morgan fingerprint density at radius 1 is 0.966 bits per heavy atom. The first-order valence-electron chi connectivity index (χ1n) is 10.7. The van der Waals surface area contributed by atoms with Crippen molar-refractivity contribution in [3.63, 3.8) is 0 Å². The molecule has 1 heteroatoms. The summed E-state index contributed by atoms with van der Waals surface area (Å²) in [7, 11) is 0. The van der Waals surface area contributed by atoms with Gasteiger partial charge >= 0.3 is 0 Å². The van der Waals surface area contributed by atoms with Gasteiger partial charge in [0.15, 0.2) is 0 Å². The molecule has 29 heavy (non-hydrogen) atoms. The number of fused-ring (bicyclic) bond motifs is 3. The zero-order valence-electron chi connectivity index (χ0n) is 17.4. The molecule has 0 spiro atoms. The molecule has 0 aliphatic heterocycles. The normalized spacial score (nSPS) is 13.8. The summed E-state index contributed by atoms with van der Waals surface area (Å²) in [6.45, 7) is 5.15. The van der Waals surface area contributed by atoms with Crippen LogP contribution < -0.4 is 0 Å². The van der Waals surface area contributed by atoms with Crippen molar-refractivity contribution in [2.45, 2.75) is 39.7 Å². The lowest BCUT2D eigenvalue weighted by molar-refractivity contribution is 0.734. The number of allylic oxidation sites excluding steroid dienone is 6. The summed E-state index contributed by atoms with van der Waals surface area (Å²) in [6, 6.07) is 22.1. The van der Waals surface area contributed by atoms with Gasteiger partial charge in [-0.1, -0.05) is 91.9 Å². The number of rotatable bonds is 6. The Balaban J connectivity index is 1.86. The summed E-state index contributed by atoms with van der Waals surface area (Å²) in [5.41, 5.74) is 9.64. The molecular weight excluding hydrogens is 350 g/mol. The molecule has 2 aromatic carbocycles. The van der Waals surface area contributed by atoms with E-state index in [2.05, 4.69) is 109 Å². The van der Waals surface area contributed by atoms with Crippen molar-refractivity contribution in [3.05, 3.63) is 108 Å². The van der Waals surface area contributed by atoms with Crippen LogP contribution in [0.15, 0.2) is 96.6 Å². The van der Waals surface area contributed by atoms with Gasteiger partial charge < -0.3 is 4.57 Å². The van der Waals surface area contributed by atoms with Crippen molar-refractivity contribution >= 4 is 0 Å². The highest BCUT2D eigenvalue weighted by molar-refractivity contribution is 5.78. The van der Waals surface area contributed by atoms with E-state index in [0.717, 1.165) is 25.8 Å². The predicted octanol–water partition coefficient (Wildman–Crippen LogP) is 7.39. The lowest BCUT2D eigenvalue weighted by Gasteiger charge is -2.20. The molecular formula is C28H29N. The van der Waals surface area contributed by atoms with Crippen molar-refractivity contribution in [3.8, 4) is 22.4 Å². The molecule has 1 aliphatic rings. The first kappa shape index (κ1) is 19.3. The SMILES string of the molecule is C\C=C/C=C(\C=C/CC)Cn1c(-c2ccccc2)cc2c1CCc1ccccc1-2. The maximum Gasteiger partial charge on any atom is 0.0492 e. The van der Waals surface area contributed by atoms with Gasteiger partial charge in [0.05, 0.1) is 0 Å².